The molecule has 0 radical (unpaired) electrons. The van der Waals surface area contributed by atoms with Gasteiger partial charge in [0.25, 0.3) is 5.56 Å². The average molecular weight is 382 g/mol. The Morgan fingerprint density at radius 3 is 2.48 bits per heavy atom. The van der Waals surface area contributed by atoms with Crippen molar-refractivity contribution in [1.29, 1.82) is 0 Å². The molecule has 27 heavy (non-hydrogen) atoms. The Balaban J connectivity index is 2.25. The number of carbonyl (C=O) groups is 1. The molecule has 0 spiro atoms. The zero-order valence-corrected chi connectivity index (χ0v) is 16.8. The van der Waals surface area contributed by atoms with Crippen LogP contribution in [-0.2, 0) is 4.79 Å². The lowest BCUT2D eigenvalue weighted by Gasteiger charge is -2.19. The highest BCUT2D eigenvalue weighted by molar-refractivity contribution is 8.00. The van der Waals surface area contributed by atoms with E-state index >= 15 is 0 Å². The second-order valence-corrected chi connectivity index (χ2v) is 7.76. The number of aryl methyl sites for hydroxylation is 2. The first-order valence-electron chi connectivity index (χ1n) is 8.96. The zero-order valence-electron chi connectivity index (χ0n) is 15.9. The number of hydrogen-bond donors (Lipinski definition) is 1. The number of rotatable bonds is 5. The van der Waals surface area contributed by atoms with Crippen LogP contribution in [-0.4, -0.2) is 27.3 Å². The van der Waals surface area contributed by atoms with E-state index in [4.69, 9.17) is 4.98 Å². The molecular weight excluding hydrogens is 358 g/mol. The molecule has 0 bridgehead atoms. The van der Waals surface area contributed by atoms with E-state index in [0.29, 0.717) is 22.6 Å². The van der Waals surface area contributed by atoms with Crippen LogP contribution < -0.4 is 10.9 Å². The Kier molecular flexibility index (Phi) is 5.65. The van der Waals surface area contributed by atoms with Gasteiger partial charge in [0.05, 0.1) is 21.8 Å². The fourth-order valence-electron chi connectivity index (χ4n) is 3.08. The van der Waals surface area contributed by atoms with Crippen molar-refractivity contribution in [1.82, 2.24) is 14.9 Å². The summed E-state index contributed by atoms with van der Waals surface area (Å²) in [6, 6.07) is 13.2. The average Bonchev–Trinajstić information content (AvgIpc) is 2.64. The van der Waals surface area contributed by atoms with E-state index in [2.05, 4.69) is 5.32 Å². The number of nitrogens with zero attached hydrogens (tertiary/aromatic N) is 2. The molecule has 1 heterocycles. The predicted octanol–water partition coefficient (Wildman–Crippen LogP) is 3.62. The summed E-state index contributed by atoms with van der Waals surface area (Å²) < 4.78 is 1.65. The maximum Gasteiger partial charge on any atom is 0.266 e. The molecule has 140 valence electrons. The topological polar surface area (TPSA) is 64.0 Å². The lowest BCUT2D eigenvalue weighted by molar-refractivity contribution is -0.120. The summed E-state index contributed by atoms with van der Waals surface area (Å²) >= 11 is 1.30. The zero-order chi connectivity index (χ0) is 19.6. The summed E-state index contributed by atoms with van der Waals surface area (Å²) in [6.45, 7) is 8.23. The molecule has 0 saturated carbocycles. The maximum absolute atomic E-state index is 13.3. The number of thioether (sulfide) groups is 1. The molecule has 0 unspecified atom stereocenters. The lowest BCUT2D eigenvalue weighted by Crippen LogP contribution is -2.31. The SMILES string of the molecule is CCNC(=O)[C@H](C)Sc1nc2ccccc2c(=O)n1-c1c(C)cccc1C. The highest BCUT2D eigenvalue weighted by Crippen LogP contribution is 2.27. The Labute approximate surface area is 162 Å². The quantitative estimate of drug-likeness (QED) is 0.542. The van der Waals surface area contributed by atoms with Crippen LogP contribution in [0.4, 0.5) is 0 Å². The highest BCUT2D eigenvalue weighted by atomic mass is 32.2. The van der Waals surface area contributed by atoms with Gasteiger partial charge in [-0.15, -0.1) is 0 Å². The summed E-state index contributed by atoms with van der Waals surface area (Å²) in [5.41, 5.74) is 3.31. The standard InChI is InChI=1S/C21H23N3O2S/c1-5-22-19(25)15(4)27-21-23-17-12-7-6-11-16(17)20(26)24(21)18-13(2)9-8-10-14(18)3/h6-12,15H,5H2,1-4H3,(H,22,25)/t15-/m0/s1. The van der Waals surface area contributed by atoms with Gasteiger partial charge in [-0.1, -0.05) is 42.1 Å². The number of benzene rings is 2. The van der Waals surface area contributed by atoms with E-state index in [1.54, 1.807) is 10.6 Å². The Hall–Kier alpha value is -2.60. The molecule has 0 aliphatic carbocycles. The molecule has 0 aliphatic rings. The van der Waals surface area contributed by atoms with Gasteiger partial charge in [-0.05, 0) is 51.0 Å². The van der Waals surface area contributed by atoms with E-state index in [9.17, 15) is 9.59 Å². The van der Waals surface area contributed by atoms with E-state index in [0.717, 1.165) is 16.8 Å². The third kappa shape index (κ3) is 3.76. The van der Waals surface area contributed by atoms with E-state index in [-0.39, 0.29) is 16.7 Å². The van der Waals surface area contributed by atoms with Crippen LogP contribution in [0, 0.1) is 13.8 Å². The molecule has 5 nitrogen and oxygen atoms in total. The Morgan fingerprint density at radius 1 is 1.15 bits per heavy atom. The minimum absolute atomic E-state index is 0.0713. The smallest absolute Gasteiger partial charge is 0.266 e. The number of fused-ring (bicyclic) bond motifs is 1. The number of nitrogens with one attached hydrogen (secondary N) is 1. The monoisotopic (exact) mass is 381 g/mol. The van der Waals surface area contributed by atoms with Crippen LogP contribution in [0.3, 0.4) is 0 Å². The second kappa shape index (κ2) is 7.96. The van der Waals surface area contributed by atoms with E-state index < -0.39 is 0 Å². The summed E-state index contributed by atoms with van der Waals surface area (Å²) in [7, 11) is 0. The Bertz CT molecular complexity index is 1040. The molecule has 1 atom stereocenters. The lowest BCUT2D eigenvalue weighted by atomic mass is 10.1. The second-order valence-electron chi connectivity index (χ2n) is 6.45. The minimum atomic E-state index is -0.367. The van der Waals surface area contributed by atoms with Crippen molar-refractivity contribution in [3.05, 3.63) is 63.9 Å². The van der Waals surface area contributed by atoms with Crippen LogP contribution in [0.25, 0.3) is 16.6 Å². The minimum Gasteiger partial charge on any atom is -0.355 e. The fourth-order valence-corrected chi connectivity index (χ4v) is 4.01. The van der Waals surface area contributed by atoms with Crippen LogP contribution in [0.5, 0.6) is 0 Å². The van der Waals surface area contributed by atoms with Crippen LogP contribution in [0.2, 0.25) is 0 Å². The van der Waals surface area contributed by atoms with Gasteiger partial charge in [-0.3, -0.25) is 14.2 Å². The molecule has 1 amide bonds. The predicted molar refractivity (Wildman–Crippen MR) is 111 cm³/mol. The molecule has 0 saturated heterocycles. The molecular formula is C21H23N3O2S. The first-order chi connectivity index (χ1) is 12.9. The van der Waals surface area contributed by atoms with E-state index in [1.165, 1.54) is 11.8 Å². The molecule has 6 heteroatoms. The fraction of sp³-hybridized carbons (Fsp3) is 0.286. The van der Waals surface area contributed by atoms with Crippen LogP contribution in [0.1, 0.15) is 25.0 Å². The van der Waals surface area contributed by atoms with Gasteiger partial charge >= 0.3 is 0 Å². The molecule has 0 aliphatic heterocycles. The molecule has 3 rings (SSSR count). The number of aromatic nitrogens is 2. The van der Waals surface area contributed by atoms with Crippen molar-refractivity contribution >= 4 is 28.6 Å². The van der Waals surface area contributed by atoms with Gasteiger partial charge in [0.2, 0.25) is 5.91 Å². The third-order valence-electron chi connectivity index (χ3n) is 4.41. The van der Waals surface area contributed by atoms with Gasteiger partial charge in [0.15, 0.2) is 5.16 Å². The van der Waals surface area contributed by atoms with Crippen molar-refractivity contribution in [2.24, 2.45) is 0 Å². The van der Waals surface area contributed by atoms with Gasteiger partial charge in [-0.2, -0.15) is 0 Å². The van der Waals surface area contributed by atoms with Crippen LogP contribution in [0.15, 0.2) is 52.4 Å². The Morgan fingerprint density at radius 2 is 1.81 bits per heavy atom. The van der Waals surface area contributed by atoms with E-state index in [1.807, 2.05) is 64.1 Å². The van der Waals surface area contributed by atoms with Gasteiger partial charge in [0, 0.05) is 6.54 Å². The van der Waals surface area contributed by atoms with Crippen molar-refractivity contribution in [2.45, 2.75) is 38.1 Å². The molecule has 3 aromatic rings. The first-order valence-corrected chi connectivity index (χ1v) is 9.84. The van der Waals surface area contributed by atoms with Crippen molar-refractivity contribution < 1.29 is 4.79 Å². The number of amides is 1. The summed E-state index contributed by atoms with van der Waals surface area (Å²) in [6.07, 6.45) is 0. The van der Waals surface area contributed by atoms with Gasteiger partial charge in [-0.25, -0.2) is 4.98 Å². The molecule has 1 aromatic heterocycles. The van der Waals surface area contributed by atoms with Crippen molar-refractivity contribution in [3.8, 4) is 5.69 Å². The normalized spacial score (nSPS) is 12.1. The molecule has 1 N–H and O–H groups in total. The number of carbonyl (C=O) groups excluding carboxylic acids is 1. The van der Waals surface area contributed by atoms with Crippen molar-refractivity contribution in [3.63, 3.8) is 0 Å². The molecule has 0 fully saturated rings. The van der Waals surface area contributed by atoms with Gasteiger partial charge < -0.3 is 5.32 Å². The molecule has 2 aromatic carbocycles. The van der Waals surface area contributed by atoms with Crippen LogP contribution >= 0.6 is 11.8 Å². The first kappa shape index (κ1) is 19.2. The number of para-hydroxylation sites is 2. The van der Waals surface area contributed by atoms with Crippen molar-refractivity contribution in [2.75, 3.05) is 6.54 Å². The highest BCUT2D eigenvalue weighted by Gasteiger charge is 2.21. The third-order valence-corrected chi connectivity index (χ3v) is 5.46. The summed E-state index contributed by atoms with van der Waals surface area (Å²) in [4.78, 5) is 30.3. The summed E-state index contributed by atoms with van der Waals surface area (Å²) in [5, 5.41) is 3.55. The number of hydrogen-bond acceptors (Lipinski definition) is 4. The largest absolute Gasteiger partial charge is 0.355 e. The summed E-state index contributed by atoms with van der Waals surface area (Å²) in [5.74, 6) is -0.0713. The maximum atomic E-state index is 13.3. The van der Waals surface area contributed by atoms with Gasteiger partial charge in [0.1, 0.15) is 0 Å².